The van der Waals surface area contributed by atoms with Gasteiger partial charge in [0.2, 0.25) is 0 Å². The van der Waals surface area contributed by atoms with E-state index in [1.54, 1.807) is 6.07 Å². The molecule has 3 heteroatoms. The van der Waals surface area contributed by atoms with Gasteiger partial charge >= 0.3 is 5.97 Å². The predicted octanol–water partition coefficient (Wildman–Crippen LogP) is 4.75. The van der Waals surface area contributed by atoms with Gasteiger partial charge in [-0.05, 0) is 41.7 Å². The molecule has 0 heterocycles. The van der Waals surface area contributed by atoms with Gasteiger partial charge in [-0.15, -0.1) is 0 Å². The van der Waals surface area contributed by atoms with Crippen LogP contribution in [-0.2, 0) is 19.4 Å². The number of ether oxygens (including phenoxy) is 1. The summed E-state index contributed by atoms with van der Waals surface area (Å²) in [6.07, 6.45) is 1.50. The third-order valence-corrected chi connectivity index (χ3v) is 4.09. The third kappa shape index (κ3) is 4.70. The molecular formula is C22H20O3. The van der Waals surface area contributed by atoms with Crippen molar-refractivity contribution in [3.05, 3.63) is 101 Å². The average Bonchev–Trinajstić information content (AvgIpc) is 2.66. The zero-order valence-corrected chi connectivity index (χ0v) is 13.9. The predicted molar refractivity (Wildman–Crippen MR) is 98.0 cm³/mol. The molecule has 0 saturated carbocycles. The van der Waals surface area contributed by atoms with E-state index in [0.29, 0.717) is 24.3 Å². The molecule has 0 aliphatic carbocycles. The van der Waals surface area contributed by atoms with Gasteiger partial charge in [-0.3, -0.25) is 0 Å². The molecular weight excluding hydrogens is 312 g/mol. The molecule has 0 saturated heterocycles. The fourth-order valence-electron chi connectivity index (χ4n) is 2.73. The number of aryl methyl sites for hydroxylation is 2. The van der Waals surface area contributed by atoms with Crippen LogP contribution in [0.5, 0.6) is 5.75 Å². The van der Waals surface area contributed by atoms with E-state index in [9.17, 15) is 9.90 Å². The van der Waals surface area contributed by atoms with Gasteiger partial charge in [-0.1, -0.05) is 66.7 Å². The average molecular weight is 332 g/mol. The zero-order chi connectivity index (χ0) is 17.5. The van der Waals surface area contributed by atoms with Crippen molar-refractivity contribution in [1.29, 1.82) is 0 Å². The first-order valence-electron chi connectivity index (χ1n) is 8.29. The fraction of sp³-hybridized carbons (Fsp3) is 0.136. The van der Waals surface area contributed by atoms with E-state index in [1.807, 2.05) is 60.7 Å². The second-order valence-electron chi connectivity index (χ2n) is 5.88. The van der Waals surface area contributed by atoms with Crippen LogP contribution >= 0.6 is 0 Å². The molecule has 3 rings (SSSR count). The highest BCUT2D eigenvalue weighted by Gasteiger charge is 2.12. The Morgan fingerprint density at radius 1 is 0.800 bits per heavy atom. The monoisotopic (exact) mass is 332 g/mol. The van der Waals surface area contributed by atoms with Crippen LogP contribution in [0.2, 0.25) is 0 Å². The smallest absolute Gasteiger partial charge is 0.336 e. The quantitative estimate of drug-likeness (QED) is 0.679. The van der Waals surface area contributed by atoms with Crippen LogP contribution in [0.4, 0.5) is 0 Å². The van der Waals surface area contributed by atoms with E-state index in [4.69, 9.17) is 4.74 Å². The lowest BCUT2D eigenvalue weighted by molar-refractivity contribution is 0.0695. The Kier molecular flexibility index (Phi) is 5.47. The van der Waals surface area contributed by atoms with E-state index in [-0.39, 0.29) is 0 Å². The normalized spacial score (nSPS) is 10.4. The second kappa shape index (κ2) is 8.15. The van der Waals surface area contributed by atoms with Gasteiger partial charge in [0, 0.05) is 0 Å². The van der Waals surface area contributed by atoms with E-state index < -0.39 is 5.97 Å². The first kappa shape index (κ1) is 16.8. The Bertz CT molecular complexity index is 826. The number of aromatic carboxylic acids is 1. The topological polar surface area (TPSA) is 46.5 Å². The number of rotatable bonds is 7. The molecule has 1 N–H and O–H groups in total. The van der Waals surface area contributed by atoms with Crippen LogP contribution in [0, 0.1) is 0 Å². The van der Waals surface area contributed by atoms with Crippen molar-refractivity contribution in [3.63, 3.8) is 0 Å². The summed E-state index contributed by atoms with van der Waals surface area (Å²) in [5.74, 6) is -0.349. The number of carboxylic acids is 1. The van der Waals surface area contributed by atoms with Crippen LogP contribution < -0.4 is 4.74 Å². The summed E-state index contributed by atoms with van der Waals surface area (Å²) in [5.41, 5.74) is 3.38. The van der Waals surface area contributed by atoms with Crippen molar-refractivity contribution in [1.82, 2.24) is 0 Å². The van der Waals surface area contributed by atoms with Gasteiger partial charge in [-0.2, -0.15) is 0 Å². The molecule has 0 spiro atoms. The van der Waals surface area contributed by atoms with Crippen molar-refractivity contribution in [2.45, 2.75) is 19.4 Å². The third-order valence-electron chi connectivity index (χ3n) is 4.09. The molecule has 0 amide bonds. The highest BCUT2D eigenvalue weighted by molar-refractivity contribution is 5.90. The van der Waals surface area contributed by atoms with Crippen LogP contribution in [0.3, 0.4) is 0 Å². The van der Waals surface area contributed by atoms with E-state index in [1.165, 1.54) is 5.56 Å². The first-order valence-corrected chi connectivity index (χ1v) is 8.29. The van der Waals surface area contributed by atoms with Gasteiger partial charge in [0.05, 0.1) is 5.56 Å². The van der Waals surface area contributed by atoms with Crippen LogP contribution in [0.25, 0.3) is 0 Å². The molecule has 0 aliphatic heterocycles. The minimum absolute atomic E-state index is 0.307. The molecule has 0 atom stereocenters. The van der Waals surface area contributed by atoms with Crippen molar-refractivity contribution >= 4 is 5.97 Å². The van der Waals surface area contributed by atoms with Crippen molar-refractivity contribution in [3.8, 4) is 5.75 Å². The summed E-state index contributed by atoms with van der Waals surface area (Å²) in [6, 6.07) is 25.2. The SMILES string of the molecule is O=C(O)c1cc(OCc2ccccc2)ccc1CCc1ccccc1. The number of benzene rings is 3. The van der Waals surface area contributed by atoms with Crippen LogP contribution in [0.1, 0.15) is 27.0 Å². The molecule has 0 radical (unpaired) electrons. The standard InChI is InChI=1S/C22H20O3/c23-22(24)21-15-20(25-16-18-9-5-2-6-10-18)14-13-19(21)12-11-17-7-3-1-4-8-17/h1-10,13-15H,11-12,16H2,(H,23,24). The second-order valence-corrected chi connectivity index (χ2v) is 5.88. The van der Waals surface area contributed by atoms with Crippen molar-refractivity contribution in [2.24, 2.45) is 0 Å². The lowest BCUT2D eigenvalue weighted by Gasteiger charge is -2.11. The van der Waals surface area contributed by atoms with E-state index in [0.717, 1.165) is 17.5 Å². The molecule has 126 valence electrons. The summed E-state index contributed by atoms with van der Waals surface area (Å²) in [5, 5.41) is 9.52. The Balaban J connectivity index is 1.70. The Morgan fingerprint density at radius 2 is 1.44 bits per heavy atom. The number of carboxylic acid groups (broad SMARTS) is 1. The molecule has 3 aromatic rings. The van der Waals surface area contributed by atoms with Crippen LogP contribution in [-0.4, -0.2) is 11.1 Å². The van der Waals surface area contributed by atoms with Gasteiger partial charge in [0.25, 0.3) is 0 Å². The molecule has 0 unspecified atom stereocenters. The number of carbonyl (C=O) groups is 1. The lowest BCUT2D eigenvalue weighted by Crippen LogP contribution is -2.05. The Hall–Kier alpha value is -3.07. The van der Waals surface area contributed by atoms with Gasteiger partial charge < -0.3 is 9.84 Å². The Labute approximate surface area is 147 Å². The summed E-state index contributed by atoms with van der Waals surface area (Å²) >= 11 is 0. The van der Waals surface area contributed by atoms with E-state index in [2.05, 4.69) is 12.1 Å². The number of hydrogen-bond acceptors (Lipinski definition) is 2. The minimum atomic E-state index is -0.923. The maximum Gasteiger partial charge on any atom is 0.336 e. The largest absolute Gasteiger partial charge is 0.489 e. The molecule has 25 heavy (non-hydrogen) atoms. The zero-order valence-electron chi connectivity index (χ0n) is 13.9. The van der Waals surface area contributed by atoms with Gasteiger partial charge in [0.1, 0.15) is 12.4 Å². The molecule has 0 aromatic heterocycles. The van der Waals surface area contributed by atoms with Crippen molar-refractivity contribution in [2.75, 3.05) is 0 Å². The molecule has 0 aliphatic rings. The molecule has 3 nitrogen and oxygen atoms in total. The lowest BCUT2D eigenvalue weighted by atomic mass is 9.99. The molecule has 0 fully saturated rings. The highest BCUT2D eigenvalue weighted by atomic mass is 16.5. The minimum Gasteiger partial charge on any atom is -0.489 e. The first-order chi connectivity index (χ1) is 12.2. The van der Waals surface area contributed by atoms with Gasteiger partial charge in [0.15, 0.2) is 0 Å². The maximum atomic E-state index is 11.6. The van der Waals surface area contributed by atoms with E-state index >= 15 is 0 Å². The fourth-order valence-corrected chi connectivity index (χ4v) is 2.73. The summed E-state index contributed by atoms with van der Waals surface area (Å²) in [6.45, 7) is 0.420. The molecule has 3 aromatic carbocycles. The maximum absolute atomic E-state index is 11.6. The summed E-state index contributed by atoms with van der Waals surface area (Å²) in [4.78, 5) is 11.6. The summed E-state index contributed by atoms with van der Waals surface area (Å²) in [7, 11) is 0. The molecule has 0 bridgehead atoms. The van der Waals surface area contributed by atoms with Gasteiger partial charge in [-0.25, -0.2) is 4.79 Å². The Morgan fingerprint density at radius 3 is 2.08 bits per heavy atom. The number of hydrogen-bond donors (Lipinski definition) is 1. The highest BCUT2D eigenvalue weighted by Crippen LogP contribution is 2.21. The summed E-state index contributed by atoms with van der Waals surface area (Å²) < 4.78 is 5.74. The van der Waals surface area contributed by atoms with Crippen LogP contribution in [0.15, 0.2) is 78.9 Å². The van der Waals surface area contributed by atoms with Crippen molar-refractivity contribution < 1.29 is 14.6 Å².